The van der Waals surface area contributed by atoms with Crippen molar-refractivity contribution in [3.63, 3.8) is 0 Å². The van der Waals surface area contributed by atoms with Gasteiger partial charge in [-0.1, -0.05) is 96.8 Å². The van der Waals surface area contributed by atoms with Gasteiger partial charge in [-0.3, -0.25) is 0 Å². The summed E-state index contributed by atoms with van der Waals surface area (Å²) in [6.07, 6.45) is 4.29. The van der Waals surface area contributed by atoms with Gasteiger partial charge < -0.3 is 75.9 Å². The van der Waals surface area contributed by atoms with E-state index in [9.17, 15) is 45.6 Å². The molecule has 10 atom stereocenters. The molecule has 0 saturated carbocycles. The Hall–Kier alpha value is 0.431. The van der Waals surface area contributed by atoms with Crippen molar-refractivity contribution in [1.82, 2.24) is 0 Å². The minimum absolute atomic E-state index is 0. The molecule has 0 aromatic carbocycles. The maximum atomic E-state index is 10.2. The van der Waals surface area contributed by atoms with E-state index in [1.807, 2.05) is 0 Å². The molecule has 0 aromatic heterocycles. The summed E-state index contributed by atoms with van der Waals surface area (Å²) in [7, 11) is 0. The van der Waals surface area contributed by atoms with Gasteiger partial charge in [-0.05, 0) is 12.8 Å². The van der Waals surface area contributed by atoms with Gasteiger partial charge >= 0.3 is 44.8 Å². The first-order valence-electron chi connectivity index (χ1n) is 16.0. The Morgan fingerprint density at radius 2 is 1.04 bits per heavy atom. The number of carbonyl (C=O) groups excluding carboxylic acids is 1. The van der Waals surface area contributed by atoms with E-state index in [4.69, 9.17) is 19.3 Å². The quantitative estimate of drug-likeness (QED) is 0.0551. The van der Waals surface area contributed by atoms with Crippen LogP contribution in [0.3, 0.4) is 0 Å². The molecule has 2 aliphatic heterocycles. The average Bonchev–Trinajstić information content (AvgIpc) is 2.99. The molecule has 15 nitrogen and oxygen atoms in total. The molecule has 2 fully saturated rings. The van der Waals surface area contributed by atoms with Gasteiger partial charge in [0, 0.05) is 5.97 Å². The minimum atomic E-state index is -1.74. The Morgan fingerprint density at radius 3 is 1.45 bits per heavy atom. The summed E-state index contributed by atoms with van der Waals surface area (Å²) < 4.78 is 15.3. The van der Waals surface area contributed by atoms with E-state index in [0.717, 1.165) is 12.8 Å². The summed E-state index contributed by atoms with van der Waals surface area (Å²) in [6, 6.07) is 0. The zero-order chi connectivity index (χ0) is 32.2. The molecule has 47 heavy (non-hydrogen) atoms. The number of carboxylic acid groups (broad SMARTS) is 1. The summed E-state index contributed by atoms with van der Waals surface area (Å²) in [4.78, 5) is 10.2. The summed E-state index contributed by atoms with van der Waals surface area (Å²) in [5.41, 5.74) is 0. The molecule has 0 aliphatic carbocycles. The molecule has 2 rings (SSSR count). The van der Waals surface area contributed by atoms with E-state index < -0.39 is 80.6 Å². The number of hydrogen-bond donors (Lipinski definition) is 8. The second kappa shape index (κ2) is 32.3. The van der Waals surface area contributed by atoms with Crippen molar-refractivity contribution in [2.24, 2.45) is 0 Å². The molecule has 0 aromatic rings. The monoisotopic (exact) mass is 729 g/mol. The number of aliphatic carboxylic acids is 1. The van der Waals surface area contributed by atoms with Crippen molar-refractivity contribution in [2.45, 2.75) is 171 Å². The number of rotatable bonds is 20. The van der Waals surface area contributed by atoms with Gasteiger partial charge in [0.1, 0.15) is 48.8 Å². The number of carboxylic acids is 1. The molecule has 272 valence electrons. The van der Waals surface area contributed by atoms with Crippen molar-refractivity contribution >= 4 is 29.0 Å². The van der Waals surface area contributed by atoms with Crippen LogP contribution in [0, 0.1) is 0 Å². The fraction of sp³-hybridized carbons (Fsp3) is 0.967. The van der Waals surface area contributed by atoms with Gasteiger partial charge in [0.15, 0.2) is 12.6 Å². The molecule has 17 heteroatoms. The molecule has 8 N–H and O–H groups in total. The van der Waals surface area contributed by atoms with Crippen LogP contribution in [0.25, 0.3) is 0 Å². The Balaban J connectivity index is -0.000000366. The van der Waals surface area contributed by atoms with E-state index >= 15 is 0 Å². The van der Waals surface area contributed by atoms with Crippen molar-refractivity contribution in [2.75, 3.05) is 13.2 Å². The molecule has 0 bridgehead atoms. The summed E-state index contributed by atoms with van der Waals surface area (Å²) in [6.45, 7) is 0.922. The van der Waals surface area contributed by atoms with Gasteiger partial charge in [0.25, 0.3) is 0 Å². The van der Waals surface area contributed by atoms with Crippen molar-refractivity contribution in [3.8, 4) is 0 Å². The van der Waals surface area contributed by atoms with Crippen LogP contribution in [-0.2, 0) is 51.7 Å². The molecule has 2 saturated heterocycles. The average molecular weight is 730 g/mol. The first-order valence-corrected chi connectivity index (χ1v) is 16.0. The molecule has 2 aliphatic rings. The Kier molecular flexibility index (Phi) is 37.3. The van der Waals surface area contributed by atoms with Gasteiger partial charge in [-0.25, -0.2) is 0 Å². The van der Waals surface area contributed by atoms with Gasteiger partial charge in [-0.15, -0.1) is 0 Å². The minimum Gasteiger partial charge on any atom is -2.00 e. The van der Waals surface area contributed by atoms with Crippen molar-refractivity contribution in [3.05, 3.63) is 0 Å². The van der Waals surface area contributed by atoms with Crippen LogP contribution in [0.2, 0.25) is 0 Å². The fourth-order valence-electron chi connectivity index (χ4n) is 5.21. The number of aliphatic hydroxyl groups excluding tert-OH is 8. The van der Waals surface area contributed by atoms with Gasteiger partial charge in [0.2, 0.25) is 0 Å². The van der Waals surface area contributed by atoms with Crippen LogP contribution in [0.15, 0.2) is 0 Å². The molecular formula is C30H57MgO15Ti+. The van der Waals surface area contributed by atoms with E-state index in [0.29, 0.717) is 0 Å². The van der Waals surface area contributed by atoms with E-state index in [1.54, 1.807) is 0 Å². The third-order valence-electron chi connectivity index (χ3n) is 7.96. The third kappa shape index (κ3) is 21.4. The summed E-state index contributed by atoms with van der Waals surface area (Å²) >= 11 is 0. The zero-order valence-electron chi connectivity index (χ0n) is 27.6. The van der Waals surface area contributed by atoms with E-state index in [1.165, 1.54) is 83.5 Å². The van der Waals surface area contributed by atoms with E-state index in [2.05, 4.69) is 6.92 Å². The maximum Gasteiger partial charge on any atom is 4.00 e. The maximum absolute atomic E-state index is 10.2. The predicted octanol–water partition coefficient (Wildman–Crippen LogP) is -1.02. The molecule has 0 spiro atoms. The normalized spacial score (nSPS) is 29.9. The largest absolute Gasteiger partial charge is 4.00 e. The van der Waals surface area contributed by atoms with Crippen molar-refractivity contribution < 1.29 is 97.6 Å². The molecular weight excluding hydrogens is 672 g/mol. The topological polar surface area (TPSA) is 287 Å². The fourth-order valence-corrected chi connectivity index (χ4v) is 5.21. The molecule has 0 amide bonds. The Bertz CT molecular complexity index is 712. The van der Waals surface area contributed by atoms with Crippen LogP contribution in [0.4, 0.5) is 0 Å². The number of carbonyl (C=O) groups is 1. The molecule has 2 heterocycles. The number of hydrogen-bond acceptors (Lipinski definition) is 13. The second-order valence-electron chi connectivity index (χ2n) is 11.6. The smallest absolute Gasteiger partial charge is 2.00 e. The number of aliphatic hydroxyl groups is 8. The van der Waals surface area contributed by atoms with Crippen LogP contribution in [0.5, 0.6) is 0 Å². The summed E-state index contributed by atoms with van der Waals surface area (Å²) in [5, 5.41) is 86.7. The van der Waals surface area contributed by atoms with Gasteiger partial charge in [0.05, 0.1) is 13.2 Å². The zero-order valence-corrected chi connectivity index (χ0v) is 30.6. The van der Waals surface area contributed by atoms with Crippen LogP contribution in [0.1, 0.15) is 110 Å². The van der Waals surface area contributed by atoms with E-state index in [-0.39, 0.29) is 62.1 Å². The Morgan fingerprint density at radius 1 is 0.617 bits per heavy atom. The standard InChI is InChI=1S/C18H36O2.C12H22O11.Mg.2O.Ti/c1-2-3-4-5-6-7-8-9-10-11-12-13-14-15-16-17-18(19)20;13-1-3-5(15)6(16)9(19)12(22-3)23-10-4(2-14)21-11(20)8(18)7(10)17;;;;/h2-17H2,1H3,(H,19,20);3-20H,1-2H2;;;;/q;;+2;2*-2;+4/p-1/t;3-,4-,5+,6+,7-,8-,9-,10-,11?,12+;;;;/m.1..../s1. The number of ether oxygens (including phenoxy) is 3. The second-order valence-corrected chi connectivity index (χ2v) is 11.6. The molecule has 1 unspecified atom stereocenters. The first kappa shape index (κ1) is 54.2. The first-order chi connectivity index (χ1) is 20.6. The third-order valence-corrected chi connectivity index (χ3v) is 7.96. The Labute approximate surface area is 309 Å². The SMILES string of the molecule is CCCCCCCCCCCCCCCCCC(=O)[O-].OC[C@H]1O[C@@H](O[C@H]2[C@H](O)[C@@H](O)C(O)O[C@@H]2CO)[C@H](O)[C@@H](O)[C@H]1O.[Mg+2].[O-2].[O-2].[Ti+4]. The van der Waals surface area contributed by atoms with Gasteiger partial charge in [-0.2, -0.15) is 0 Å². The van der Waals surface area contributed by atoms with Crippen LogP contribution >= 0.6 is 0 Å². The summed E-state index contributed by atoms with van der Waals surface area (Å²) in [5.74, 6) is -0.903. The van der Waals surface area contributed by atoms with Crippen LogP contribution in [-0.4, -0.2) is 144 Å². The predicted molar refractivity (Wildman–Crippen MR) is 160 cm³/mol. The van der Waals surface area contributed by atoms with Crippen molar-refractivity contribution in [1.29, 1.82) is 0 Å². The number of unbranched alkanes of at least 4 members (excludes halogenated alkanes) is 14. The van der Waals surface area contributed by atoms with Crippen LogP contribution < -0.4 is 5.11 Å². The molecule has 0 radical (unpaired) electrons.